The second-order valence-electron chi connectivity index (χ2n) is 7.71. The van der Waals surface area contributed by atoms with Crippen LogP contribution in [0.3, 0.4) is 0 Å². The number of rotatable bonds is 1. The molecule has 0 saturated heterocycles. The van der Waals surface area contributed by atoms with Gasteiger partial charge in [-0.05, 0) is 75.0 Å². The maximum atomic E-state index is 12.9. The Kier molecular flexibility index (Phi) is 2.69. The lowest BCUT2D eigenvalue weighted by Crippen LogP contribution is -2.48. The first-order valence-electron chi connectivity index (χ1n) is 9.82. The van der Waals surface area contributed by atoms with E-state index >= 15 is 0 Å². The molecule has 21 heavy (non-hydrogen) atoms. The predicted octanol–water partition coefficient (Wildman–Crippen LogP) is 5.07. The van der Waals surface area contributed by atoms with Crippen LogP contribution >= 0.6 is 0 Å². The van der Waals surface area contributed by atoms with Gasteiger partial charge >= 0.3 is 0 Å². The van der Waals surface area contributed by atoms with Crippen LogP contribution in [0.15, 0.2) is 23.8 Å². The summed E-state index contributed by atoms with van der Waals surface area (Å²) < 4.78 is 16.5. The standard InChI is InChI=1S/C20H28O/c1-3-20-12-13(2)19-15-7-5-4-6-14(15)8-9-16(19)17(20)10-11-18(20)21/h6,15-17,19H,2-5,7-12H2,1H3/t15-,16-,17-,19+,20-/m0/s1/i11D2. The van der Waals surface area contributed by atoms with Crippen molar-refractivity contribution in [1.29, 1.82) is 0 Å². The molecule has 114 valence electrons. The highest BCUT2D eigenvalue weighted by atomic mass is 16.1. The molecule has 4 aliphatic rings. The zero-order valence-corrected chi connectivity index (χ0v) is 13.2. The van der Waals surface area contributed by atoms with Crippen molar-refractivity contribution in [2.75, 3.05) is 0 Å². The fraction of sp³-hybridized carbons (Fsp3) is 0.750. The Morgan fingerprint density at radius 3 is 3.10 bits per heavy atom. The summed E-state index contributed by atoms with van der Waals surface area (Å²) in [5, 5.41) is 0. The number of ketones is 1. The van der Waals surface area contributed by atoms with Crippen LogP contribution in [0.1, 0.15) is 67.4 Å². The number of Topliss-reactive ketones (excluding diaryl/α,β-unsaturated/α-hetero) is 1. The zero-order valence-electron chi connectivity index (χ0n) is 15.2. The van der Waals surface area contributed by atoms with E-state index in [0.717, 1.165) is 25.7 Å². The topological polar surface area (TPSA) is 17.1 Å². The smallest absolute Gasteiger partial charge is 0.139 e. The highest BCUT2D eigenvalue weighted by molar-refractivity contribution is 5.88. The highest BCUT2D eigenvalue weighted by Gasteiger charge is 2.58. The van der Waals surface area contributed by atoms with E-state index in [1.54, 1.807) is 5.57 Å². The van der Waals surface area contributed by atoms with E-state index in [-0.39, 0.29) is 11.7 Å². The van der Waals surface area contributed by atoms with Gasteiger partial charge in [-0.2, -0.15) is 0 Å². The van der Waals surface area contributed by atoms with Gasteiger partial charge in [-0.25, -0.2) is 0 Å². The molecule has 0 N–H and O–H groups in total. The third kappa shape index (κ3) is 1.79. The quantitative estimate of drug-likeness (QED) is 0.615. The average molecular weight is 286 g/mol. The van der Waals surface area contributed by atoms with Crippen molar-refractivity contribution in [2.45, 2.75) is 64.7 Å². The molecule has 0 spiro atoms. The Balaban J connectivity index is 1.75. The molecular formula is C20H28O. The molecule has 4 aliphatic carbocycles. The first kappa shape index (κ1) is 11.7. The van der Waals surface area contributed by atoms with Gasteiger partial charge in [0.25, 0.3) is 0 Å². The lowest BCUT2D eigenvalue weighted by Gasteiger charge is -2.54. The monoisotopic (exact) mass is 286 g/mol. The zero-order chi connectivity index (χ0) is 16.4. The summed E-state index contributed by atoms with van der Waals surface area (Å²) in [5.74, 6) is 1.71. The van der Waals surface area contributed by atoms with Crippen molar-refractivity contribution in [2.24, 2.45) is 29.1 Å². The van der Waals surface area contributed by atoms with Crippen LogP contribution in [0.5, 0.6) is 0 Å². The largest absolute Gasteiger partial charge is 0.299 e. The first-order valence-corrected chi connectivity index (χ1v) is 8.82. The first-order chi connectivity index (χ1) is 10.9. The molecule has 1 heteroatoms. The van der Waals surface area contributed by atoms with Crippen LogP contribution < -0.4 is 0 Å². The van der Waals surface area contributed by atoms with Crippen molar-refractivity contribution < 1.29 is 7.54 Å². The molecule has 4 rings (SSSR count). The van der Waals surface area contributed by atoms with Crippen molar-refractivity contribution in [3.05, 3.63) is 23.8 Å². The molecule has 0 aliphatic heterocycles. The number of hydrogen-bond acceptors (Lipinski definition) is 1. The Morgan fingerprint density at radius 2 is 2.29 bits per heavy atom. The Hall–Kier alpha value is -0.850. The summed E-state index contributed by atoms with van der Waals surface area (Å²) in [5.41, 5.74) is 2.42. The van der Waals surface area contributed by atoms with Crippen molar-refractivity contribution in [3.8, 4) is 0 Å². The third-order valence-electron chi connectivity index (χ3n) is 7.07. The molecule has 0 radical (unpaired) electrons. The Labute approximate surface area is 131 Å². The molecule has 0 unspecified atom stereocenters. The van der Waals surface area contributed by atoms with E-state index < -0.39 is 11.8 Å². The number of hydrogen-bond donors (Lipinski definition) is 0. The van der Waals surface area contributed by atoms with Gasteiger partial charge in [0.1, 0.15) is 5.78 Å². The molecule has 3 saturated carbocycles. The maximum absolute atomic E-state index is 12.9. The van der Waals surface area contributed by atoms with E-state index in [9.17, 15) is 4.79 Å². The van der Waals surface area contributed by atoms with Crippen LogP contribution in [0.4, 0.5) is 0 Å². The van der Waals surface area contributed by atoms with Gasteiger partial charge in [0.15, 0.2) is 0 Å². The molecule has 0 heterocycles. The lowest BCUT2D eigenvalue weighted by atomic mass is 9.50. The minimum atomic E-state index is -1.63. The van der Waals surface area contributed by atoms with Gasteiger partial charge in [-0.1, -0.05) is 30.7 Å². The maximum Gasteiger partial charge on any atom is 0.139 e. The molecule has 0 amide bonds. The normalized spacial score (nSPS) is 49.5. The molecule has 5 atom stereocenters. The molecule has 0 bridgehead atoms. The van der Waals surface area contributed by atoms with E-state index in [1.807, 2.05) is 0 Å². The van der Waals surface area contributed by atoms with Gasteiger partial charge in [0.05, 0.1) is 0 Å². The van der Waals surface area contributed by atoms with Gasteiger partial charge in [0, 0.05) is 14.5 Å². The molecule has 0 aromatic rings. The number of fused-ring (bicyclic) bond motifs is 5. The summed E-state index contributed by atoms with van der Waals surface area (Å²) in [6.07, 6.45) is 8.82. The molecular weight excluding hydrogens is 256 g/mol. The second kappa shape index (κ2) is 4.83. The summed E-state index contributed by atoms with van der Waals surface area (Å²) in [7, 11) is 0. The fourth-order valence-electron chi connectivity index (χ4n) is 6.10. The fourth-order valence-corrected chi connectivity index (χ4v) is 6.10. The van der Waals surface area contributed by atoms with E-state index in [1.165, 1.54) is 24.8 Å². The minimum absolute atomic E-state index is 0.123. The highest BCUT2D eigenvalue weighted by Crippen LogP contribution is 2.63. The van der Waals surface area contributed by atoms with Crippen LogP contribution in [0.2, 0.25) is 0 Å². The lowest BCUT2D eigenvalue weighted by molar-refractivity contribution is -0.130. The van der Waals surface area contributed by atoms with Crippen LogP contribution in [0, 0.1) is 29.1 Å². The second-order valence-corrected chi connectivity index (χ2v) is 7.71. The molecule has 3 fully saturated rings. The summed E-state index contributed by atoms with van der Waals surface area (Å²) >= 11 is 0. The van der Waals surface area contributed by atoms with Gasteiger partial charge in [0.2, 0.25) is 0 Å². The van der Waals surface area contributed by atoms with Gasteiger partial charge < -0.3 is 0 Å². The Morgan fingerprint density at radius 1 is 1.43 bits per heavy atom. The van der Waals surface area contributed by atoms with E-state index in [2.05, 4.69) is 19.6 Å². The molecule has 0 aromatic heterocycles. The summed E-state index contributed by atoms with van der Waals surface area (Å²) in [4.78, 5) is 12.9. The van der Waals surface area contributed by atoms with Crippen molar-refractivity contribution >= 4 is 5.78 Å². The molecule has 0 aromatic carbocycles. The van der Waals surface area contributed by atoms with E-state index in [0.29, 0.717) is 24.2 Å². The van der Waals surface area contributed by atoms with Crippen molar-refractivity contribution in [1.82, 2.24) is 0 Å². The molecule has 1 nitrogen and oxygen atoms in total. The van der Waals surface area contributed by atoms with Crippen molar-refractivity contribution in [3.63, 3.8) is 0 Å². The SMILES string of the molecule is [2H]C1([2H])C[C@H]2[C@@H]3CCC4=CCCC[C@@H]4[C@H]3C(=C)C[C@]2(CC)C1=O. The number of carbonyl (C=O) groups is 1. The Bertz CT molecular complexity index is 590. The minimum Gasteiger partial charge on any atom is -0.299 e. The van der Waals surface area contributed by atoms with Gasteiger partial charge in [-0.3, -0.25) is 4.79 Å². The number of allylic oxidation sites excluding steroid dienone is 3. The van der Waals surface area contributed by atoms with Crippen LogP contribution in [0.25, 0.3) is 0 Å². The average Bonchev–Trinajstić information content (AvgIpc) is 2.75. The van der Waals surface area contributed by atoms with Crippen LogP contribution in [-0.2, 0) is 4.79 Å². The third-order valence-corrected chi connectivity index (χ3v) is 7.07. The van der Waals surface area contributed by atoms with Crippen LogP contribution in [-0.4, -0.2) is 5.78 Å². The summed E-state index contributed by atoms with van der Waals surface area (Å²) in [6.45, 7) is 6.50. The summed E-state index contributed by atoms with van der Waals surface area (Å²) in [6, 6.07) is 0. The van der Waals surface area contributed by atoms with Gasteiger partial charge in [-0.15, -0.1) is 0 Å². The predicted molar refractivity (Wildman–Crippen MR) is 85.9 cm³/mol. The van der Waals surface area contributed by atoms with E-state index in [4.69, 9.17) is 2.74 Å². The number of carbonyl (C=O) groups excluding carboxylic acids is 1.